The fourth-order valence-corrected chi connectivity index (χ4v) is 4.98. The fraction of sp³-hybridized carbons (Fsp3) is 0.957. The van der Waals surface area contributed by atoms with Crippen LogP contribution in [0.5, 0.6) is 0 Å². The summed E-state index contributed by atoms with van der Waals surface area (Å²) in [7, 11) is 1.72. The number of hydrogen-bond acceptors (Lipinski definition) is 7. The molecule has 0 aliphatic carbocycles. The Balaban J connectivity index is 3.44. The highest BCUT2D eigenvalue weighted by atomic mass is 127. The van der Waals surface area contributed by atoms with E-state index < -0.39 is 8.25 Å². The van der Waals surface area contributed by atoms with Crippen LogP contribution in [-0.2, 0) is 23.1 Å². The van der Waals surface area contributed by atoms with Gasteiger partial charge >= 0.3 is 14.2 Å². The molecule has 0 saturated heterocycles. The Morgan fingerprint density at radius 1 is 0.938 bits per heavy atom. The van der Waals surface area contributed by atoms with Crippen molar-refractivity contribution in [3.05, 3.63) is 0 Å². The maximum atomic E-state index is 11.9. The van der Waals surface area contributed by atoms with Crippen molar-refractivity contribution in [2.45, 2.75) is 93.7 Å². The lowest BCUT2D eigenvalue weighted by Crippen LogP contribution is -2.18. The predicted molar refractivity (Wildman–Crippen MR) is 145 cm³/mol. The molecule has 190 valence electrons. The van der Waals surface area contributed by atoms with Gasteiger partial charge in [-0.1, -0.05) is 88.3 Å². The van der Waals surface area contributed by atoms with Crippen LogP contribution in [0.1, 0.15) is 85.0 Å². The van der Waals surface area contributed by atoms with Crippen molar-refractivity contribution >= 4 is 48.6 Å². The zero-order valence-corrected chi connectivity index (χ0v) is 24.8. The van der Waals surface area contributed by atoms with Crippen molar-refractivity contribution in [2.75, 3.05) is 46.2 Å². The van der Waals surface area contributed by atoms with Gasteiger partial charge in [0.15, 0.2) is 0 Å². The number of nitrogens with zero attached hydrogens (tertiary/aromatic N) is 1. The second-order valence-electron chi connectivity index (χ2n) is 9.33. The SMILES string of the molecule is CN(C)CCO[P+](=O)OC[C@H](I)COC(=O)CCCCCCCCCCCSC(C)(C)C. The Kier molecular flexibility index (Phi) is 21.2. The summed E-state index contributed by atoms with van der Waals surface area (Å²) in [6, 6.07) is 0. The van der Waals surface area contributed by atoms with Crippen LogP contribution in [-0.4, -0.2) is 65.8 Å². The highest BCUT2D eigenvalue weighted by Crippen LogP contribution is 2.25. The van der Waals surface area contributed by atoms with Gasteiger partial charge in [0, 0.05) is 22.3 Å². The molecule has 6 nitrogen and oxygen atoms in total. The topological polar surface area (TPSA) is 65.1 Å². The molecule has 0 aromatic carbocycles. The first-order valence-corrected chi connectivity index (χ1v) is 15.2. The van der Waals surface area contributed by atoms with Gasteiger partial charge in [0.2, 0.25) is 0 Å². The summed E-state index contributed by atoms with van der Waals surface area (Å²) in [6.07, 6.45) is 11.5. The van der Waals surface area contributed by atoms with E-state index in [1.807, 2.05) is 19.0 Å². The molecule has 0 fully saturated rings. The molecule has 0 rings (SSSR count). The standard InChI is InChI=1S/C23H46INO5PS/c1-23(2,3)32-18-14-12-10-8-6-7-9-11-13-15-22(26)28-19-21(24)20-30-31(27)29-17-16-25(4)5/h21H,6-20H2,1-5H3/q+1/t21-/m1/s1. The van der Waals surface area contributed by atoms with E-state index in [1.54, 1.807) is 0 Å². The number of likely N-dealkylation sites (N-methyl/N-ethyl adjacent to an activating group) is 1. The Bertz CT molecular complexity index is 491. The van der Waals surface area contributed by atoms with E-state index in [-0.39, 0.29) is 23.1 Å². The van der Waals surface area contributed by atoms with Gasteiger partial charge in [0.1, 0.15) is 19.8 Å². The summed E-state index contributed by atoms with van der Waals surface area (Å²) in [5.74, 6) is 1.11. The van der Waals surface area contributed by atoms with Crippen LogP contribution in [0, 0.1) is 0 Å². The van der Waals surface area contributed by atoms with E-state index in [4.69, 9.17) is 13.8 Å². The molecule has 9 heteroatoms. The van der Waals surface area contributed by atoms with Crippen molar-refractivity contribution in [1.29, 1.82) is 0 Å². The van der Waals surface area contributed by atoms with Crippen LogP contribution in [0.4, 0.5) is 0 Å². The van der Waals surface area contributed by atoms with Crippen molar-refractivity contribution in [1.82, 2.24) is 4.90 Å². The third-order valence-electron chi connectivity index (χ3n) is 4.58. The van der Waals surface area contributed by atoms with Crippen LogP contribution < -0.4 is 0 Å². The average molecular weight is 607 g/mol. The van der Waals surface area contributed by atoms with Gasteiger partial charge < -0.3 is 9.64 Å². The predicted octanol–water partition coefficient (Wildman–Crippen LogP) is 7.02. The quantitative estimate of drug-likeness (QED) is 0.0458. The van der Waals surface area contributed by atoms with Crippen molar-refractivity contribution < 1.29 is 23.1 Å². The molecule has 0 aliphatic rings. The molecule has 0 aromatic heterocycles. The highest BCUT2D eigenvalue weighted by molar-refractivity contribution is 14.1. The lowest BCUT2D eigenvalue weighted by atomic mass is 10.1. The monoisotopic (exact) mass is 606 g/mol. The van der Waals surface area contributed by atoms with E-state index in [0.29, 0.717) is 24.3 Å². The maximum Gasteiger partial charge on any atom is 0.697 e. The van der Waals surface area contributed by atoms with Crippen LogP contribution in [0.3, 0.4) is 0 Å². The van der Waals surface area contributed by atoms with Gasteiger partial charge in [-0.15, -0.1) is 9.05 Å². The van der Waals surface area contributed by atoms with E-state index in [9.17, 15) is 9.36 Å². The molecular formula is C23H46INO5PS+. The molecule has 0 heterocycles. The van der Waals surface area contributed by atoms with Gasteiger partial charge in [-0.25, -0.2) is 0 Å². The minimum atomic E-state index is -2.12. The Morgan fingerprint density at radius 3 is 2.06 bits per heavy atom. The first kappa shape index (κ1) is 32.5. The van der Waals surface area contributed by atoms with Gasteiger partial charge in [0.25, 0.3) is 0 Å². The summed E-state index contributed by atoms with van der Waals surface area (Å²) >= 11 is 4.20. The number of alkyl halides is 1. The molecule has 32 heavy (non-hydrogen) atoms. The molecule has 0 aromatic rings. The van der Waals surface area contributed by atoms with Gasteiger partial charge in [-0.2, -0.15) is 11.8 Å². The molecule has 0 N–H and O–H groups in total. The van der Waals surface area contributed by atoms with Gasteiger partial charge in [-0.3, -0.25) is 4.79 Å². The zero-order valence-electron chi connectivity index (χ0n) is 20.9. The molecule has 2 atom stereocenters. The van der Waals surface area contributed by atoms with Crippen LogP contribution >= 0.6 is 42.6 Å². The number of carbonyl (C=O) groups is 1. The number of esters is 1. The highest BCUT2D eigenvalue weighted by Gasteiger charge is 2.23. The lowest BCUT2D eigenvalue weighted by Gasteiger charge is -2.17. The fourth-order valence-electron chi connectivity index (χ4n) is 2.77. The van der Waals surface area contributed by atoms with Crippen LogP contribution in [0.25, 0.3) is 0 Å². The van der Waals surface area contributed by atoms with Gasteiger partial charge in [-0.05, 0) is 32.7 Å². The van der Waals surface area contributed by atoms with Crippen molar-refractivity contribution in [3.63, 3.8) is 0 Å². The molecule has 0 spiro atoms. The second-order valence-corrected chi connectivity index (χ2v) is 14.0. The number of halogens is 1. The lowest BCUT2D eigenvalue weighted by molar-refractivity contribution is -0.143. The number of thioether (sulfide) groups is 1. The minimum absolute atomic E-state index is 0.0417. The van der Waals surface area contributed by atoms with Gasteiger partial charge in [0.05, 0.1) is 3.92 Å². The largest absolute Gasteiger partial charge is 0.697 e. The summed E-state index contributed by atoms with van der Waals surface area (Å²) < 4.78 is 27.5. The first-order valence-electron chi connectivity index (χ1n) is 11.9. The minimum Gasteiger partial charge on any atom is -0.464 e. The van der Waals surface area contributed by atoms with Crippen LogP contribution in [0.2, 0.25) is 0 Å². The maximum absolute atomic E-state index is 11.9. The molecule has 0 aliphatic heterocycles. The van der Waals surface area contributed by atoms with E-state index in [1.165, 1.54) is 50.7 Å². The smallest absolute Gasteiger partial charge is 0.464 e. The molecule has 0 amide bonds. The van der Waals surface area contributed by atoms with Crippen molar-refractivity contribution in [2.24, 2.45) is 0 Å². The van der Waals surface area contributed by atoms with E-state index in [2.05, 4.69) is 55.1 Å². The molecular weight excluding hydrogens is 560 g/mol. The summed E-state index contributed by atoms with van der Waals surface area (Å²) in [6.45, 7) is 8.40. The Labute approximate surface area is 215 Å². The first-order chi connectivity index (χ1) is 15.1. The summed E-state index contributed by atoms with van der Waals surface area (Å²) in [4.78, 5) is 13.8. The summed E-state index contributed by atoms with van der Waals surface area (Å²) in [5, 5.41) is 0. The van der Waals surface area contributed by atoms with Crippen molar-refractivity contribution in [3.8, 4) is 0 Å². The van der Waals surface area contributed by atoms with E-state index >= 15 is 0 Å². The number of unbranched alkanes of at least 4 members (excludes halogenated alkanes) is 8. The third kappa shape index (κ3) is 25.2. The molecule has 1 unspecified atom stereocenters. The van der Waals surface area contributed by atoms with Crippen LogP contribution in [0.15, 0.2) is 0 Å². The molecule has 0 radical (unpaired) electrons. The number of ether oxygens (including phenoxy) is 1. The number of rotatable bonds is 21. The zero-order chi connectivity index (χ0) is 24.2. The Hall–Kier alpha value is 0.530. The number of carbonyl (C=O) groups excluding carboxylic acids is 1. The summed E-state index contributed by atoms with van der Waals surface area (Å²) in [5.41, 5.74) is 0. The number of hydrogen-bond donors (Lipinski definition) is 0. The third-order valence-corrected chi connectivity index (χ3v) is 7.41. The average Bonchev–Trinajstić information content (AvgIpc) is 2.70. The second kappa shape index (κ2) is 20.9. The Morgan fingerprint density at radius 2 is 1.50 bits per heavy atom. The normalized spacial score (nSPS) is 13.4. The molecule has 0 saturated carbocycles. The van der Waals surface area contributed by atoms with E-state index in [0.717, 1.165) is 12.8 Å². The molecule has 0 bridgehead atoms.